The molecule has 0 fully saturated rings. The Kier molecular flexibility index (Phi) is 6.35. The van der Waals surface area contributed by atoms with E-state index < -0.39 is 5.97 Å². The second-order valence-corrected chi connectivity index (χ2v) is 6.07. The van der Waals surface area contributed by atoms with Crippen molar-refractivity contribution in [2.75, 3.05) is 26.1 Å². The number of esters is 1. The normalized spacial score (nSPS) is 10.2. The minimum Gasteiger partial charge on any atom is -0.493 e. The maximum absolute atomic E-state index is 12.2. The van der Waals surface area contributed by atoms with E-state index in [1.54, 1.807) is 39.2 Å². The highest BCUT2D eigenvalue weighted by Gasteiger charge is 2.17. The van der Waals surface area contributed by atoms with Crippen molar-refractivity contribution < 1.29 is 23.8 Å². The van der Waals surface area contributed by atoms with Crippen molar-refractivity contribution in [3.63, 3.8) is 0 Å². The fourth-order valence-corrected chi connectivity index (χ4v) is 3.05. The van der Waals surface area contributed by atoms with Crippen molar-refractivity contribution in [1.29, 1.82) is 0 Å². The van der Waals surface area contributed by atoms with Crippen LogP contribution >= 0.6 is 11.3 Å². The maximum atomic E-state index is 12.2. The zero-order chi connectivity index (χ0) is 18.4. The molecule has 0 saturated heterocycles. The zero-order valence-electron chi connectivity index (χ0n) is 14.5. The summed E-state index contributed by atoms with van der Waals surface area (Å²) in [5.74, 6) is 0.484. The van der Waals surface area contributed by atoms with E-state index in [2.05, 4.69) is 10.3 Å². The van der Waals surface area contributed by atoms with Crippen LogP contribution in [0.2, 0.25) is 0 Å². The largest absolute Gasteiger partial charge is 0.493 e. The summed E-state index contributed by atoms with van der Waals surface area (Å²) in [6, 6.07) is 5.28. The van der Waals surface area contributed by atoms with Gasteiger partial charge in [-0.1, -0.05) is 17.4 Å². The molecule has 0 aliphatic heterocycles. The number of carbonyl (C=O) groups excluding carboxylic acids is 2. The van der Waals surface area contributed by atoms with Gasteiger partial charge in [-0.15, -0.1) is 0 Å². The van der Waals surface area contributed by atoms with Gasteiger partial charge in [-0.2, -0.15) is 0 Å². The highest BCUT2D eigenvalue weighted by Crippen LogP contribution is 2.28. The molecular weight excluding hydrogens is 344 g/mol. The summed E-state index contributed by atoms with van der Waals surface area (Å²) in [6.45, 7) is 3.73. The van der Waals surface area contributed by atoms with Crippen LogP contribution < -0.4 is 14.8 Å². The average Bonchev–Trinajstić information content (AvgIpc) is 2.95. The van der Waals surface area contributed by atoms with E-state index in [1.807, 2.05) is 0 Å². The van der Waals surface area contributed by atoms with Crippen LogP contribution in [0.3, 0.4) is 0 Å². The number of ether oxygens (including phenoxy) is 3. The lowest BCUT2D eigenvalue weighted by Gasteiger charge is -2.09. The molecule has 0 unspecified atom stereocenters. The fourth-order valence-electron chi connectivity index (χ4n) is 2.18. The number of hydrogen-bond donors (Lipinski definition) is 1. The SMILES string of the molecule is CCOC(=O)c1sc(NC(=O)Cc2ccc(OC)c(OC)c2)nc1C. The third-order valence-corrected chi connectivity index (χ3v) is 4.37. The summed E-state index contributed by atoms with van der Waals surface area (Å²) in [7, 11) is 3.09. The third-order valence-electron chi connectivity index (χ3n) is 3.32. The molecule has 0 spiro atoms. The molecule has 0 saturated carbocycles. The molecule has 7 nitrogen and oxygen atoms in total. The summed E-state index contributed by atoms with van der Waals surface area (Å²) in [6.07, 6.45) is 0.147. The Morgan fingerprint density at radius 1 is 1.20 bits per heavy atom. The monoisotopic (exact) mass is 364 g/mol. The lowest BCUT2D eigenvalue weighted by atomic mass is 10.1. The number of benzene rings is 1. The van der Waals surface area contributed by atoms with Gasteiger partial charge in [0.1, 0.15) is 4.88 Å². The van der Waals surface area contributed by atoms with Gasteiger partial charge >= 0.3 is 5.97 Å². The highest BCUT2D eigenvalue weighted by atomic mass is 32.1. The van der Waals surface area contributed by atoms with Crippen LogP contribution in [0.4, 0.5) is 5.13 Å². The van der Waals surface area contributed by atoms with Gasteiger partial charge in [0.2, 0.25) is 5.91 Å². The van der Waals surface area contributed by atoms with E-state index in [0.717, 1.165) is 16.9 Å². The molecule has 2 aromatic rings. The van der Waals surface area contributed by atoms with E-state index in [1.165, 1.54) is 7.11 Å². The Morgan fingerprint density at radius 2 is 1.92 bits per heavy atom. The predicted octanol–water partition coefficient (Wildman–Crippen LogP) is 2.83. The fraction of sp³-hybridized carbons (Fsp3) is 0.353. The minimum absolute atomic E-state index is 0.147. The van der Waals surface area contributed by atoms with Crippen LogP contribution in [-0.2, 0) is 16.0 Å². The average molecular weight is 364 g/mol. The first-order chi connectivity index (χ1) is 12.0. The number of carbonyl (C=O) groups is 2. The van der Waals surface area contributed by atoms with Gasteiger partial charge in [-0.25, -0.2) is 9.78 Å². The van der Waals surface area contributed by atoms with Crippen LogP contribution in [0, 0.1) is 6.92 Å². The maximum Gasteiger partial charge on any atom is 0.350 e. The number of amides is 1. The lowest BCUT2D eigenvalue weighted by Crippen LogP contribution is -2.14. The smallest absolute Gasteiger partial charge is 0.350 e. The summed E-state index contributed by atoms with van der Waals surface area (Å²) in [5.41, 5.74) is 1.30. The molecule has 2 rings (SSSR count). The van der Waals surface area contributed by atoms with E-state index in [4.69, 9.17) is 14.2 Å². The molecule has 0 atom stereocenters. The standard InChI is InChI=1S/C17H20N2O5S/c1-5-24-16(21)15-10(2)18-17(25-15)19-14(20)9-11-6-7-12(22-3)13(8-11)23-4/h6-8H,5,9H2,1-4H3,(H,18,19,20). The molecule has 1 aromatic heterocycles. The number of nitrogens with zero attached hydrogens (tertiary/aromatic N) is 1. The van der Waals surface area contributed by atoms with E-state index in [9.17, 15) is 9.59 Å². The van der Waals surface area contributed by atoms with E-state index in [0.29, 0.717) is 27.2 Å². The second kappa shape index (κ2) is 8.48. The van der Waals surface area contributed by atoms with Gasteiger partial charge in [-0.05, 0) is 31.5 Å². The number of rotatable bonds is 7. The van der Waals surface area contributed by atoms with Crippen LogP contribution in [0.1, 0.15) is 27.9 Å². The van der Waals surface area contributed by atoms with Crippen molar-refractivity contribution in [1.82, 2.24) is 4.98 Å². The van der Waals surface area contributed by atoms with Crippen LogP contribution in [0.15, 0.2) is 18.2 Å². The molecule has 1 heterocycles. The number of aryl methyl sites for hydroxylation is 1. The molecule has 0 radical (unpaired) electrons. The lowest BCUT2D eigenvalue weighted by molar-refractivity contribution is -0.115. The van der Waals surface area contributed by atoms with Crippen LogP contribution in [-0.4, -0.2) is 37.7 Å². The molecule has 25 heavy (non-hydrogen) atoms. The Bertz CT molecular complexity index is 772. The van der Waals surface area contributed by atoms with Crippen LogP contribution in [0.5, 0.6) is 11.5 Å². The minimum atomic E-state index is -0.433. The Hall–Kier alpha value is -2.61. The quantitative estimate of drug-likeness (QED) is 0.760. The number of methoxy groups -OCH3 is 2. The molecule has 0 bridgehead atoms. The Labute approximate surface area is 149 Å². The first-order valence-corrected chi connectivity index (χ1v) is 8.45. The number of hydrogen-bond acceptors (Lipinski definition) is 7. The second-order valence-electron chi connectivity index (χ2n) is 5.07. The van der Waals surface area contributed by atoms with E-state index in [-0.39, 0.29) is 18.9 Å². The summed E-state index contributed by atoms with van der Waals surface area (Å²) < 4.78 is 15.4. The van der Waals surface area contributed by atoms with Crippen molar-refractivity contribution in [2.45, 2.75) is 20.3 Å². The summed E-state index contributed by atoms with van der Waals surface area (Å²) >= 11 is 1.10. The molecule has 1 N–H and O–H groups in total. The zero-order valence-corrected chi connectivity index (χ0v) is 15.4. The van der Waals surface area contributed by atoms with E-state index >= 15 is 0 Å². The summed E-state index contributed by atoms with van der Waals surface area (Å²) in [5, 5.41) is 3.07. The van der Waals surface area contributed by atoms with Crippen molar-refractivity contribution in [2.24, 2.45) is 0 Å². The molecule has 1 amide bonds. The molecule has 134 valence electrons. The molecular formula is C17H20N2O5S. The Balaban J connectivity index is 2.05. The number of aromatic nitrogens is 1. The Morgan fingerprint density at radius 3 is 2.56 bits per heavy atom. The van der Waals surface area contributed by atoms with Gasteiger partial charge in [0, 0.05) is 0 Å². The summed E-state index contributed by atoms with van der Waals surface area (Å²) in [4.78, 5) is 28.6. The van der Waals surface area contributed by atoms with Crippen molar-refractivity contribution in [3.05, 3.63) is 34.3 Å². The van der Waals surface area contributed by atoms with Gasteiger partial charge < -0.3 is 19.5 Å². The van der Waals surface area contributed by atoms with Gasteiger partial charge in [-0.3, -0.25) is 4.79 Å². The number of nitrogens with one attached hydrogen (secondary N) is 1. The topological polar surface area (TPSA) is 86.8 Å². The molecule has 0 aliphatic rings. The van der Waals surface area contributed by atoms with Gasteiger partial charge in [0.05, 0.1) is 32.9 Å². The molecule has 0 aliphatic carbocycles. The van der Waals surface area contributed by atoms with Gasteiger partial charge in [0.25, 0.3) is 0 Å². The van der Waals surface area contributed by atoms with Gasteiger partial charge in [0.15, 0.2) is 16.6 Å². The predicted molar refractivity (Wildman–Crippen MR) is 94.7 cm³/mol. The molecule has 8 heteroatoms. The highest BCUT2D eigenvalue weighted by molar-refractivity contribution is 7.17. The first kappa shape index (κ1) is 18.7. The van der Waals surface area contributed by atoms with Crippen molar-refractivity contribution >= 4 is 28.3 Å². The number of thiazole rings is 1. The molecule has 1 aromatic carbocycles. The number of anilines is 1. The van der Waals surface area contributed by atoms with Crippen molar-refractivity contribution in [3.8, 4) is 11.5 Å². The first-order valence-electron chi connectivity index (χ1n) is 7.63. The van der Waals surface area contributed by atoms with Crippen LogP contribution in [0.25, 0.3) is 0 Å². The third kappa shape index (κ3) is 4.69.